The SMILES string of the molecule is CC(C)NC(=O)N1CCN(c2ccnn3cc(-c4ccc(C5COCCN5)cc4)cc23)CC1. The van der Waals surface area contributed by atoms with E-state index in [0.717, 1.165) is 49.6 Å². The Morgan fingerprint density at radius 3 is 2.61 bits per heavy atom. The minimum Gasteiger partial charge on any atom is -0.378 e. The highest BCUT2D eigenvalue weighted by atomic mass is 16.5. The number of hydrogen-bond donors (Lipinski definition) is 2. The molecule has 2 saturated heterocycles. The van der Waals surface area contributed by atoms with Gasteiger partial charge in [0, 0.05) is 56.7 Å². The quantitative estimate of drug-likeness (QED) is 0.642. The van der Waals surface area contributed by atoms with Gasteiger partial charge in [0.25, 0.3) is 0 Å². The Labute approximate surface area is 194 Å². The number of fused-ring (bicyclic) bond motifs is 1. The first kappa shape index (κ1) is 21.7. The van der Waals surface area contributed by atoms with E-state index in [2.05, 4.69) is 63.2 Å². The molecule has 2 N–H and O–H groups in total. The largest absolute Gasteiger partial charge is 0.378 e. The van der Waals surface area contributed by atoms with Crippen LogP contribution in [0.25, 0.3) is 16.6 Å². The lowest BCUT2D eigenvalue weighted by Gasteiger charge is -2.36. The van der Waals surface area contributed by atoms with E-state index in [1.807, 2.05) is 29.5 Å². The molecule has 0 radical (unpaired) electrons. The summed E-state index contributed by atoms with van der Waals surface area (Å²) >= 11 is 0. The highest BCUT2D eigenvalue weighted by Gasteiger charge is 2.23. The molecular weight excluding hydrogens is 416 g/mol. The van der Waals surface area contributed by atoms with Crippen molar-refractivity contribution in [2.75, 3.05) is 50.8 Å². The number of nitrogens with zero attached hydrogens (tertiary/aromatic N) is 4. The number of amides is 2. The van der Waals surface area contributed by atoms with E-state index >= 15 is 0 Å². The first-order chi connectivity index (χ1) is 16.1. The number of anilines is 1. The lowest BCUT2D eigenvalue weighted by molar-refractivity contribution is 0.0769. The highest BCUT2D eigenvalue weighted by molar-refractivity contribution is 5.80. The van der Waals surface area contributed by atoms with Crippen molar-refractivity contribution in [3.05, 3.63) is 54.4 Å². The van der Waals surface area contributed by atoms with Crippen molar-refractivity contribution in [2.45, 2.75) is 25.9 Å². The van der Waals surface area contributed by atoms with Crippen LogP contribution in [0.15, 0.2) is 48.8 Å². The molecule has 33 heavy (non-hydrogen) atoms. The zero-order valence-electron chi connectivity index (χ0n) is 19.3. The molecule has 3 aromatic rings. The zero-order valence-corrected chi connectivity index (χ0v) is 19.3. The Morgan fingerprint density at radius 2 is 1.91 bits per heavy atom. The number of piperazine rings is 1. The lowest BCUT2D eigenvalue weighted by atomic mass is 10.0. The standard InChI is InChI=1S/C25H32N6O2/c1-18(2)28-25(32)30-12-10-29(11-13-30)23-7-8-27-31-16-21(15-24(23)31)19-3-5-20(6-4-19)22-17-33-14-9-26-22/h3-8,15-16,18,22,26H,9-14,17H2,1-2H3,(H,28,32). The molecule has 1 unspecified atom stereocenters. The number of ether oxygens (including phenoxy) is 1. The molecule has 2 aliphatic heterocycles. The van der Waals surface area contributed by atoms with Gasteiger partial charge in [-0.25, -0.2) is 9.31 Å². The summed E-state index contributed by atoms with van der Waals surface area (Å²) in [5.74, 6) is 0. The van der Waals surface area contributed by atoms with E-state index in [1.54, 1.807) is 0 Å². The number of morpholine rings is 1. The molecule has 2 fully saturated rings. The van der Waals surface area contributed by atoms with Gasteiger partial charge in [0.2, 0.25) is 0 Å². The summed E-state index contributed by atoms with van der Waals surface area (Å²) in [6.45, 7) is 9.39. The second-order valence-electron chi connectivity index (χ2n) is 9.06. The molecule has 8 heteroatoms. The first-order valence-electron chi connectivity index (χ1n) is 11.8. The monoisotopic (exact) mass is 448 g/mol. The number of carbonyl (C=O) groups is 1. The van der Waals surface area contributed by atoms with Gasteiger partial charge >= 0.3 is 6.03 Å². The van der Waals surface area contributed by atoms with E-state index in [0.29, 0.717) is 13.1 Å². The fourth-order valence-corrected chi connectivity index (χ4v) is 4.60. The second-order valence-corrected chi connectivity index (χ2v) is 9.06. The molecule has 2 amide bonds. The smallest absolute Gasteiger partial charge is 0.317 e. The van der Waals surface area contributed by atoms with Crippen molar-refractivity contribution in [1.29, 1.82) is 0 Å². The molecule has 0 saturated carbocycles. The first-order valence-corrected chi connectivity index (χ1v) is 11.8. The van der Waals surface area contributed by atoms with Crippen LogP contribution in [0.2, 0.25) is 0 Å². The number of urea groups is 1. The van der Waals surface area contributed by atoms with Crippen LogP contribution < -0.4 is 15.5 Å². The van der Waals surface area contributed by atoms with Gasteiger partial charge in [-0.1, -0.05) is 24.3 Å². The van der Waals surface area contributed by atoms with Gasteiger partial charge in [-0.2, -0.15) is 5.10 Å². The van der Waals surface area contributed by atoms with Crippen LogP contribution in [0.4, 0.5) is 10.5 Å². The summed E-state index contributed by atoms with van der Waals surface area (Å²) < 4.78 is 7.55. The van der Waals surface area contributed by atoms with E-state index in [-0.39, 0.29) is 18.1 Å². The summed E-state index contributed by atoms with van der Waals surface area (Å²) in [4.78, 5) is 16.6. The third-order valence-corrected chi connectivity index (χ3v) is 6.37. The van der Waals surface area contributed by atoms with Crippen LogP contribution in [0.5, 0.6) is 0 Å². The molecule has 5 rings (SSSR count). The predicted molar refractivity (Wildman–Crippen MR) is 130 cm³/mol. The highest BCUT2D eigenvalue weighted by Crippen LogP contribution is 2.29. The van der Waals surface area contributed by atoms with Crippen molar-refractivity contribution in [1.82, 2.24) is 25.1 Å². The third-order valence-electron chi connectivity index (χ3n) is 6.37. The third kappa shape index (κ3) is 4.67. The number of rotatable bonds is 4. The second kappa shape index (κ2) is 9.41. The fourth-order valence-electron chi connectivity index (χ4n) is 4.60. The van der Waals surface area contributed by atoms with E-state index in [9.17, 15) is 4.79 Å². The van der Waals surface area contributed by atoms with Gasteiger partial charge in [0.15, 0.2) is 0 Å². The fraction of sp³-hybridized carbons (Fsp3) is 0.440. The summed E-state index contributed by atoms with van der Waals surface area (Å²) in [5.41, 5.74) is 5.80. The maximum absolute atomic E-state index is 12.3. The molecule has 1 atom stereocenters. The van der Waals surface area contributed by atoms with Crippen LogP contribution in [0.3, 0.4) is 0 Å². The molecule has 174 valence electrons. The topological polar surface area (TPSA) is 74.1 Å². The number of aromatic nitrogens is 2. The number of nitrogens with one attached hydrogen (secondary N) is 2. The molecule has 0 bridgehead atoms. The van der Waals surface area contributed by atoms with Crippen LogP contribution in [0.1, 0.15) is 25.5 Å². The van der Waals surface area contributed by atoms with Crippen molar-refractivity contribution in [3.8, 4) is 11.1 Å². The summed E-state index contributed by atoms with van der Waals surface area (Å²) in [7, 11) is 0. The van der Waals surface area contributed by atoms with Crippen LogP contribution in [0, 0.1) is 0 Å². The molecule has 2 aliphatic rings. The van der Waals surface area contributed by atoms with Gasteiger partial charge in [-0.3, -0.25) is 0 Å². The molecule has 1 aromatic carbocycles. The Hall–Kier alpha value is -3.10. The molecular formula is C25H32N6O2. The zero-order chi connectivity index (χ0) is 22.8. The van der Waals surface area contributed by atoms with Crippen LogP contribution in [-0.2, 0) is 4.74 Å². The Morgan fingerprint density at radius 1 is 1.12 bits per heavy atom. The minimum atomic E-state index is 0.0212. The molecule has 0 aliphatic carbocycles. The minimum absolute atomic E-state index is 0.0212. The summed E-state index contributed by atoms with van der Waals surface area (Å²) in [5, 5.41) is 11.0. The van der Waals surface area contributed by atoms with E-state index in [4.69, 9.17) is 4.74 Å². The van der Waals surface area contributed by atoms with Crippen molar-refractivity contribution >= 4 is 17.2 Å². The predicted octanol–water partition coefficient (Wildman–Crippen LogP) is 2.90. The molecule has 2 aromatic heterocycles. The number of benzene rings is 1. The normalized spacial score (nSPS) is 19.3. The Balaban J connectivity index is 1.32. The van der Waals surface area contributed by atoms with Crippen molar-refractivity contribution in [2.24, 2.45) is 0 Å². The van der Waals surface area contributed by atoms with Crippen LogP contribution in [-0.4, -0.2) is 72.5 Å². The van der Waals surface area contributed by atoms with E-state index < -0.39 is 0 Å². The van der Waals surface area contributed by atoms with Crippen LogP contribution >= 0.6 is 0 Å². The number of carbonyl (C=O) groups excluding carboxylic acids is 1. The van der Waals surface area contributed by atoms with Crippen molar-refractivity contribution in [3.63, 3.8) is 0 Å². The van der Waals surface area contributed by atoms with Gasteiger partial charge in [-0.05, 0) is 37.1 Å². The Kier molecular flexibility index (Phi) is 6.20. The maximum Gasteiger partial charge on any atom is 0.317 e. The van der Waals surface area contributed by atoms with Gasteiger partial charge in [0.1, 0.15) is 0 Å². The van der Waals surface area contributed by atoms with Crippen molar-refractivity contribution < 1.29 is 9.53 Å². The average Bonchev–Trinajstić information content (AvgIpc) is 3.29. The summed E-state index contributed by atoms with van der Waals surface area (Å²) in [6, 6.07) is 13.4. The lowest BCUT2D eigenvalue weighted by Crippen LogP contribution is -2.53. The summed E-state index contributed by atoms with van der Waals surface area (Å²) in [6.07, 6.45) is 3.93. The van der Waals surface area contributed by atoms with Gasteiger partial charge < -0.3 is 25.2 Å². The molecule has 4 heterocycles. The maximum atomic E-state index is 12.3. The van der Waals surface area contributed by atoms with E-state index in [1.165, 1.54) is 11.1 Å². The molecule has 0 spiro atoms. The Bertz CT molecular complexity index is 1100. The molecule has 8 nitrogen and oxygen atoms in total. The van der Waals surface area contributed by atoms with Gasteiger partial charge in [-0.15, -0.1) is 0 Å². The number of hydrogen-bond acceptors (Lipinski definition) is 5. The van der Waals surface area contributed by atoms with Gasteiger partial charge in [0.05, 0.1) is 30.5 Å². The average molecular weight is 449 g/mol.